The summed E-state index contributed by atoms with van der Waals surface area (Å²) in [6.07, 6.45) is 15.3. The smallest absolute Gasteiger partial charge is 0.126 e. The molecule has 0 aliphatic rings. The van der Waals surface area contributed by atoms with Crippen molar-refractivity contribution in [1.29, 1.82) is 0 Å². The van der Waals surface area contributed by atoms with Crippen molar-refractivity contribution in [1.82, 2.24) is 0 Å². The summed E-state index contributed by atoms with van der Waals surface area (Å²) in [7, 11) is 1.67. The maximum absolute atomic E-state index is 5.82. The Morgan fingerprint density at radius 1 is 0.913 bits per heavy atom. The number of benzene rings is 1. The zero-order valence-corrected chi connectivity index (χ0v) is 15.1. The van der Waals surface area contributed by atoms with Crippen LogP contribution in [0.5, 0.6) is 11.5 Å². The fraction of sp³-hybridized carbons (Fsp3) is 0.619. The summed E-state index contributed by atoms with van der Waals surface area (Å²) in [5.74, 6) is 1.74. The Morgan fingerprint density at radius 2 is 1.52 bits per heavy atom. The van der Waals surface area contributed by atoms with E-state index < -0.39 is 0 Å². The predicted octanol–water partition coefficient (Wildman–Crippen LogP) is 6.64. The van der Waals surface area contributed by atoms with Gasteiger partial charge in [-0.25, -0.2) is 0 Å². The molecule has 0 aliphatic heterocycles. The fourth-order valence-electron chi connectivity index (χ4n) is 2.74. The molecule has 2 heteroatoms. The topological polar surface area (TPSA) is 18.5 Å². The van der Waals surface area contributed by atoms with Crippen LogP contribution in [0.1, 0.15) is 76.7 Å². The van der Waals surface area contributed by atoms with Crippen molar-refractivity contribution in [2.24, 2.45) is 0 Å². The Hall–Kier alpha value is -1.44. The van der Waals surface area contributed by atoms with E-state index >= 15 is 0 Å². The monoisotopic (exact) mass is 318 g/mol. The summed E-state index contributed by atoms with van der Waals surface area (Å²) in [6, 6.07) is 5.88. The molecule has 0 unspecified atom stereocenters. The summed E-state index contributed by atoms with van der Waals surface area (Å²) in [4.78, 5) is 0. The van der Waals surface area contributed by atoms with Crippen molar-refractivity contribution in [3.63, 3.8) is 0 Å². The van der Waals surface area contributed by atoms with E-state index in [-0.39, 0.29) is 0 Å². The molecule has 0 heterocycles. The fourth-order valence-corrected chi connectivity index (χ4v) is 2.74. The molecule has 0 aliphatic carbocycles. The van der Waals surface area contributed by atoms with E-state index in [1.165, 1.54) is 57.8 Å². The molecule has 1 aromatic rings. The second kappa shape index (κ2) is 13.0. The summed E-state index contributed by atoms with van der Waals surface area (Å²) in [5, 5.41) is 0. The van der Waals surface area contributed by atoms with Crippen molar-refractivity contribution in [3.05, 3.63) is 30.3 Å². The van der Waals surface area contributed by atoms with Gasteiger partial charge in [0, 0.05) is 5.56 Å². The number of hydrogen-bond acceptors (Lipinski definition) is 2. The zero-order valence-electron chi connectivity index (χ0n) is 15.1. The van der Waals surface area contributed by atoms with Crippen molar-refractivity contribution < 1.29 is 9.47 Å². The molecule has 0 atom stereocenters. The van der Waals surface area contributed by atoms with Gasteiger partial charge in [0.15, 0.2) is 0 Å². The van der Waals surface area contributed by atoms with Gasteiger partial charge < -0.3 is 9.47 Å². The zero-order chi connectivity index (χ0) is 16.8. The molecule has 0 aromatic heterocycles. The number of ether oxygens (including phenoxy) is 2. The van der Waals surface area contributed by atoms with Crippen LogP contribution >= 0.6 is 0 Å². The first-order valence-corrected chi connectivity index (χ1v) is 9.25. The molecule has 0 amide bonds. The molecular formula is C21H34O2. The molecule has 0 saturated heterocycles. The van der Waals surface area contributed by atoms with Crippen molar-refractivity contribution >= 4 is 6.08 Å². The standard InChI is InChI=1S/C21H34O2/c1-4-6-7-8-9-10-11-12-13-14-17-23-20-15-16-21(22-3)19(5-2)18-20/h5,15-16,18H,2,4,6-14,17H2,1,3H3. The molecular weight excluding hydrogens is 284 g/mol. The van der Waals surface area contributed by atoms with Crippen LogP contribution in [0.2, 0.25) is 0 Å². The van der Waals surface area contributed by atoms with Crippen LogP contribution in [0, 0.1) is 0 Å². The van der Waals surface area contributed by atoms with Crippen molar-refractivity contribution in [2.45, 2.75) is 71.1 Å². The first kappa shape index (κ1) is 19.6. The van der Waals surface area contributed by atoms with Crippen molar-refractivity contribution in [2.75, 3.05) is 13.7 Å². The highest BCUT2D eigenvalue weighted by Gasteiger charge is 2.02. The van der Waals surface area contributed by atoms with E-state index in [2.05, 4.69) is 13.5 Å². The number of unbranched alkanes of at least 4 members (excludes halogenated alkanes) is 9. The lowest BCUT2D eigenvalue weighted by atomic mass is 10.1. The molecule has 130 valence electrons. The third-order valence-corrected chi connectivity index (χ3v) is 4.19. The van der Waals surface area contributed by atoms with Gasteiger partial charge in [0.05, 0.1) is 13.7 Å². The van der Waals surface area contributed by atoms with Crippen LogP contribution in [-0.2, 0) is 0 Å². The minimum Gasteiger partial charge on any atom is -0.496 e. The van der Waals surface area contributed by atoms with Crippen LogP contribution in [0.4, 0.5) is 0 Å². The lowest BCUT2D eigenvalue weighted by molar-refractivity contribution is 0.303. The number of rotatable bonds is 14. The van der Waals surface area contributed by atoms with E-state index in [1.54, 1.807) is 13.2 Å². The number of hydrogen-bond donors (Lipinski definition) is 0. The molecule has 0 fully saturated rings. The van der Waals surface area contributed by atoms with Crippen LogP contribution in [0.15, 0.2) is 24.8 Å². The second-order valence-corrected chi connectivity index (χ2v) is 6.14. The van der Waals surface area contributed by atoms with Crippen LogP contribution in [0.25, 0.3) is 6.08 Å². The molecule has 23 heavy (non-hydrogen) atoms. The third-order valence-electron chi connectivity index (χ3n) is 4.19. The highest BCUT2D eigenvalue weighted by Crippen LogP contribution is 2.25. The van der Waals surface area contributed by atoms with E-state index in [9.17, 15) is 0 Å². The molecule has 1 aromatic carbocycles. The van der Waals surface area contributed by atoms with Gasteiger partial charge in [-0.3, -0.25) is 0 Å². The largest absolute Gasteiger partial charge is 0.496 e. The maximum atomic E-state index is 5.82. The minimum absolute atomic E-state index is 0.791. The Balaban J connectivity index is 2.04. The van der Waals surface area contributed by atoms with E-state index in [0.717, 1.165) is 30.1 Å². The van der Waals surface area contributed by atoms with Gasteiger partial charge in [-0.05, 0) is 24.6 Å². The summed E-state index contributed by atoms with van der Waals surface area (Å²) in [5.41, 5.74) is 0.980. The molecule has 0 spiro atoms. The van der Waals surface area contributed by atoms with Crippen LogP contribution < -0.4 is 9.47 Å². The van der Waals surface area contributed by atoms with Gasteiger partial charge >= 0.3 is 0 Å². The lowest BCUT2D eigenvalue weighted by Crippen LogP contribution is -1.98. The van der Waals surface area contributed by atoms with Gasteiger partial charge in [-0.15, -0.1) is 0 Å². The second-order valence-electron chi connectivity index (χ2n) is 6.14. The first-order valence-electron chi connectivity index (χ1n) is 9.25. The van der Waals surface area contributed by atoms with E-state index in [1.807, 2.05) is 18.2 Å². The summed E-state index contributed by atoms with van der Waals surface area (Å²) < 4.78 is 11.1. The van der Waals surface area contributed by atoms with E-state index in [0.29, 0.717) is 0 Å². The van der Waals surface area contributed by atoms with E-state index in [4.69, 9.17) is 9.47 Å². The highest BCUT2D eigenvalue weighted by atomic mass is 16.5. The molecule has 0 N–H and O–H groups in total. The Bertz CT molecular complexity index is 426. The number of methoxy groups -OCH3 is 1. The highest BCUT2D eigenvalue weighted by molar-refractivity contribution is 5.58. The average molecular weight is 319 g/mol. The summed E-state index contributed by atoms with van der Waals surface area (Å²) in [6.45, 7) is 6.87. The first-order chi connectivity index (χ1) is 11.3. The normalized spacial score (nSPS) is 10.5. The molecule has 2 nitrogen and oxygen atoms in total. The predicted molar refractivity (Wildman–Crippen MR) is 100 cm³/mol. The van der Waals surface area contributed by atoms with Crippen LogP contribution in [-0.4, -0.2) is 13.7 Å². The van der Waals surface area contributed by atoms with Gasteiger partial charge in [-0.2, -0.15) is 0 Å². The maximum Gasteiger partial charge on any atom is 0.126 e. The summed E-state index contributed by atoms with van der Waals surface area (Å²) >= 11 is 0. The molecule has 0 radical (unpaired) electrons. The van der Waals surface area contributed by atoms with Crippen LogP contribution in [0.3, 0.4) is 0 Å². The van der Waals surface area contributed by atoms with Gasteiger partial charge in [0.25, 0.3) is 0 Å². The lowest BCUT2D eigenvalue weighted by Gasteiger charge is -2.09. The van der Waals surface area contributed by atoms with Gasteiger partial charge in [-0.1, -0.05) is 77.4 Å². The molecule has 1 rings (SSSR count). The SMILES string of the molecule is C=Cc1cc(OCCCCCCCCCCCC)ccc1OC. The quantitative estimate of drug-likeness (QED) is 0.358. The Kier molecular flexibility index (Phi) is 11.1. The molecule has 0 saturated carbocycles. The third kappa shape index (κ3) is 8.68. The van der Waals surface area contributed by atoms with Gasteiger partial charge in [0.2, 0.25) is 0 Å². The van der Waals surface area contributed by atoms with Gasteiger partial charge in [0.1, 0.15) is 11.5 Å². The Morgan fingerprint density at radius 3 is 2.09 bits per heavy atom. The molecule has 0 bridgehead atoms. The Labute approximate surface area is 142 Å². The average Bonchev–Trinajstić information content (AvgIpc) is 2.59. The van der Waals surface area contributed by atoms with Crippen molar-refractivity contribution in [3.8, 4) is 11.5 Å². The minimum atomic E-state index is 0.791.